The van der Waals surface area contributed by atoms with Crippen LogP contribution in [0.3, 0.4) is 0 Å². The van der Waals surface area contributed by atoms with E-state index in [-0.39, 0.29) is 0 Å². The number of aromatic nitrogens is 1. The van der Waals surface area contributed by atoms with E-state index in [1.807, 2.05) is 0 Å². The van der Waals surface area contributed by atoms with Gasteiger partial charge in [-0.15, -0.1) is 0 Å². The Morgan fingerprint density at radius 3 is 2.86 bits per heavy atom. The van der Waals surface area contributed by atoms with E-state index in [1.165, 1.54) is 22.0 Å². The standard InChI is InChI=1S/C13H11N/c1-10-5-6-13-11(8-10)9-12-4-2-3-7-14(12)13/h2-9H,1H3. The van der Waals surface area contributed by atoms with Crippen LogP contribution in [-0.2, 0) is 0 Å². The van der Waals surface area contributed by atoms with Gasteiger partial charge >= 0.3 is 0 Å². The van der Waals surface area contributed by atoms with Crippen LogP contribution in [0.15, 0.2) is 48.7 Å². The van der Waals surface area contributed by atoms with Crippen LogP contribution in [0.4, 0.5) is 0 Å². The summed E-state index contributed by atoms with van der Waals surface area (Å²) in [4.78, 5) is 0. The second-order valence-corrected chi connectivity index (χ2v) is 3.70. The van der Waals surface area contributed by atoms with Crippen LogP contribution in [0, 0.1) is 6.92 Å². The largest absolute Gasteiger partial charge is 0.317 e. The number of nitrogens with zero attached hydrogens (tertiary/aromatic N) is 1. The zero-order valence-electron chi connectivity index (χ0n) is 8.07. The minimum atomic E-state index is 1.26. The summed E-state index contributed by atoms with van der Waals surface area (Å²) in [6, 6.07) is 15.0. The fourth-order valence-corrected chi connectivity index (χ4v) is 1.96. The van der Waals surface area contributed by atoms with Gasteiger partial charge in [-0.2, -0.15) is 0 Å². The topological polar surface area (TPSA) is 4.41 Å². The number of hydrogen-bond acceptors (Lipinski definition) is 0. The smallest absolute Gasteiger partial charge is 0.0528 e. The molecule has 0 atom stereocenters. The maximum absolute atomic E-state index is 2.22. The number of fused-ring (bicyclic) bond motifs is 3. The van der Waals surface area contributed by atoms with Crippen LogP contribution >= 0.6 is 0 Å². The first kappa shape index (κ1) is 7.63. The molecule has 2 aromatic heterocycles. The summed E-state index contributed by atoms with van der Waals surface area (Å²) < 4.78 is 2.22. The average Bonchev–Trinajstić information content (AvgIpc) is 2.54. The first-order chi connectivity index (χ1) is 6.84. The fraction of sp³-hybridized carbons (Fsp3) is 0.0769. The quantitative estimate of drug-likeness (QED) is 0.500. The van der Waals surface area contributed by atoms with Crippen molar-refractivity contribution in [2.45, 2.75) is 6.92 Å². The lowest BCUT2D eigenvalue weighted by Crippen LogP contribution is -1.80. The van der Waals surface area contributed by atoms with E-state index >= 15 is 0 Å². The Kier molecular flexibility index (Phi) is 1.42. The van der Waals surface area contributed by atoms with E-state index < -0.39 is 0 Å². The van der Waals surface area contributed by atoms with Crippen molar-refractivity contribution in [3.63, 3.8) is 0 Å². The Morgan fingerprint density at radius 1 is 1.00 bits per heavy atom. The number of pyridine rings is 1. The summed E-state index contributed by atoms with van der Waals surface area (Å²) in [6.07, 6.45) is 2.10. The molecule has 3 aromatic rings. The second kappa shape index (κ2) is 2.61. The molecule has 68 valence electrons. The van der Waals surface area contributed by atoms with Crippen molar-refractivity contribution in [3.8, 4) is 0 Å². The van der Waals surface area contributed by atoms with Crippen molar-refractivity contribution in [1.82, 2.24) is 4.40 Å². The van der Waals surface area contributed by atoms with Gasteiger partial charge in [-0.1, -0.05) is 17.7 Å². The Hall–Kier alpha value is -1.76. The number of hydrogen-bond donors (Lipinski definition) is 0. The molecule has 1 heteroatoms. The second-order valence-electron chi connectivity index (χ2n) is 3.70. The van der Waals surface area contributed by atoms with Gasteiger partial charge in [0.05, 0.1) is 5.52 Å². The Balaban J connectivity index is 2.57. The van der Waals surface area contributed by atoms with Crippen molar-refractivity contribution in [1.29, 1.82) is 0 Å². The predicted molar refractivity (Wildman–Crippen MR) is 59.6 cm³/mol. The first-order valence-electron chi connectivity index (χ1n) is 4.81. The molecule has 14 heavy (non-hydrogen) atoms. The molecule has 0 amide bonds. The van der Waals surface area contributed by atoms with Crippen molar-refractivity contribution in [3.05, 3.63) is 54.2 Å². The third-order valence-electron chi connectivity index (χ3n) is 2.64. The highest BCUT2D eigenvalue weighted by Gasteiger charge is 2.00. The van der Waals surface area contributed by atoms with Crippen LogP contribution in [-0.4, -0.2) is 4.40 Å². The lowest BCUT2D eigenvalue weighted by Gasteiger charge is -1.96. The molecule has 0 aliphatic rings. The summed E-state index contributed by atoms with van der Waals surface area (Å²) in [5.74, 6) is 0. The molecular weight excluding hydrogens is 170 g/mol. The third-order valence-corrected chi connectivity index (χ3v) is 2.64. The Morgan fingerprint density at radius 2 is 1.93 bits per heavy atom. The van der Waals surface area contributed by atoms with E-state index in [0.717, 1.165) is 0 Å². The molecule has 3 rings (SSSR count). The Bertz CT molecular complexity index is 605. The molecule has 0 aliphatic heterocycles. The molecule has 0 aliphatic carbocycles. The lowest BCUT2D eigenvalue weighted by molar-refractivity contribution is 1.25. The molecule has 0 radical (unpaired) electrons. The van der Waals surface area contributed by atoms with Gasteiger partial charge in [0.2, 0.25) is 0 Å². The molecule has 0 unspecified atom stereocenters. The Labute approximate surface area is 82.6 Å². The van der Waals surface area contributed by atoms with Gasteiger partial charge in [0, 0.05) is 17.1 Å². The highest BCUT2D eigenvalue weighted by Crippen LogP contribution is 2.20. The van der Waals surface area contributed by atoms with Crippen molar-refractivity contribution >= 4 is 16.4 Å². The number of rotatable bonds is 0. The monoisotopic (exact) mass is 181 g/mol. The summed E-state index contributed by atoms with van der Waals surface area (Å²) in [5, 5.41) is 1.32. The highest BCUT2D eigenvalue weighted by atomic mass is 14.9. The molecule has 1 aromatic carbocycles. The van der Waals surface area contributed by atoms with Crippen LogP contribution < -0.4 is 0 Å². The summed E-state index contributed by atoms with van der Waals surface area (Å²) >= 11 is 0. The minimum absolute atomic E-state index is 1.26. The number of aryl methyl sites for hydroxylation is 1. The molecule has 0 fully saturated rings. The van der Waals surface area contributed by atoms with Gasteiger partial charge in [-0.3, -0.25) is 0 Å². The van der Waals surface area contributed by atoms with Crippen LogP contribution in [0.1, 0.15) is 5.56 Å². The highest BCUT2D eigenvalue weighted by molar-refractivity contribution is 5.87. The van der Waals surface area contributed by atoms with E-state index in [4.69, 9.17) is 0 Å². The molecule has 2 heterocycles. The molecule has 0 bridgehead atoms. The maximum Gasteiger partial charge on any atom is 0.0528 e. The van der Waals surface area contributed by atoms with Crippen LogP contribution in [0.25, 0.3) is 16.4 Å². The first-order valence-corrected chi connectivity index (χ1v) is 4.81. The number of benzene rings is 1. The maximum atomic E-state index is 2.22. The van der Waals surface area contributed by atoms with Gasteiger partial charge in [-0.05, 0) is 37.3 Å². The van der Waals surface area contributed by atoms with Gasteiger partial charge in [0.25, 0.3) is 0 Å². The molecule has 0 saturated carbocycles. The van der Waals surface area contributed by atoms with E-state index in [9.17, 15) is 0 Å². The third kappa shape index (κ3) is 0.956. The van der Waals surface area contributed by atoms with Crippen molar-refractivity contribution in [2.24, 2.45) is 0 Å². The fourth-order valence-electron chi connectivity index (χ4n) is 1.96. The van der Waals surface area contributed by atoms with Crippen LogP contribution in [0.5, 0.6) is 0 Å². The normalized spacial score (nSPS) is 11.2. The summed E-state index contributed by atoms with van der Waals surface area (Å²) in [5.41, 5.74) is 3.85. The molecular formula is C13H11N. The summed E-state index contributed by atoms with van der Waals surface area (Å²) in [6.45, 7) is 2.13. The SMILES string of the molecule is Cc1ccc2c(c1)cc1ccccn12. The average molecular weight is 181 g/mol. The van der Waals surface area contributed by atoms with E-state index in [1.54, 1.807) is 0 Å². The van der Waals surface area contributed by atoms with Gasteiger partial charge < -0.3 is 4.40 Å². The van der Waals surface area contributed by atoms with Crippen LogP contribution in [0.2, 0.25) is 0 Å². The lowest BCUT2D eigenvalue weighted by atomic mass is 10.2. The van der Waals surface area contributed by atoms with Gasteiger partial charge in [0.15, 0.2) is 0 Å². The minimum Gasteiger partial charge on any atom is -0.317 e. The molecule has 0 spiro atoms. The van der Waals surface area contributed by atoms with Crippen molar-refractivity contribution < 1.29 is 0 Å². The molecule has 0 N–H and O–H groups in total. The predicted octanol–water partition coefficient (Wildman–Crippen LogP) is 3.40. The summed E-state index contributed by atoms with van der Waals surface area (Å²) in [7, 11) is 0. The zero-order chi connectivity index (χ0) is 9.54. The van der Waals surface area contributed by atoms with E-state index in [2.05, 4.69) is 60.0 Å². The zero-order valence-corrected chi connectivity index (χ0v) is 8.07. The molecule has 1 nitrogen and oxygen atoms in total. The van der Waals surface area contributed by atoms with E-state index in [0.29, 0.717) is 0 Å². The van der Waals surface area contributed by atoms with Crippen molar-refractivity contribution in [2.75, 3.05) is 0 Å². The van der Waals surface area contributed by atoms with Gasteiger partial charge in [-0.25, -0.2) is 0 Å². The van der Waals surface area contributed by atoms with Gasteiger partial charge in [0.1, 0.15) is 0 Å². The molecule has 0 saturated heterocycles.